The van der Waals surface area contributed by atoms with Crippen LogP contribution in [0.3, 0.4) is 0 Å². The van der Waals surface area contributed by atoms with Crippen LogP contribution in [0, 0.1) is 0 Å². The molecule has 3 rings (SSSR count). The van der Waals surface area contributed by atoms with Gasteiger partial charge in [0, 0.05) is 16.9 Å². The molecule has 29 heavy (non-hydrogen) atoms. The number of aromatic nitrogens is 2. The molecule has 0 spiro atoms. The monoisotopic (exact) mass is 390 g/mol. The Hall–Kier alpha value is -4.07. The van der Waals surface area contributed by atoms with Crippen molar-refractivity contribution >= 4 is 34.9 Å². The van der Waals surface area contributed by atoms with Crippen LogP contribution in [-0.2, 0) is 4.74 Å². The molecule has 0 fully saturated rings. The molecule has 1 heterocycles. The first-order chi connectivity index (χ1) is 14.0. The number of hydrogen-bond acceptors (Lipinski definition) is 7. The number of nitrogens with zero attached hydrogens (tertiary/aromatic N) is 2. The van der Waals surface area contributed by atoms with Gasteiger partial charge >= 0.3 is 5.97 Å². The summed E-state index contributed by atoms with van der Waals surface area (Å²) in [5, 5.41) is 5.71. The maximum absolute atomic E-state index is 12.3. The van der Waals surface area contributed by atoms with Crippen molar-refractivity contribution in [2.24, 2.45) is 0 Å². The highest BCUT2D eigenvalue weighted by Crippen LogP contribution is 2.17. The van der Waals surface area contributed by atoms with Crippen LogP contribution in [0.1, 0.15) is 38.1 Å². The Labute approximate surface area is 167 Å². The van der Waals surface area contributed by atoms with Crippen LogP contribution in [0.5, 0.6) is 0 Å². The molecule has 0 bridgehead atoms. The number of ether oxygens (including phenoxy) is 1. The lowest BCUT2D eigenvalue weighted by Gasteiger charge is -2.08. The summed E-state index contributed by atoms with van der Waals surface area (Å²) in [4.78, 5) is 43.5. The van der Waals surface area contributed by atoms with Crippen molar-refractivity contribution in [2.45, 2.75) is 6.92 Å². The Morgan fingerprint density at radius 2 is 1.66 bits per heavy atom. The molecule has 1 aromatic heterocycles. The Bertz CT molecular complexity index is 1050. The molecule has 1 amide bonds. The quantitative estimate of drug-likeness (QED) is 0.490. The number of anilines is 3. The molecule has 8 nitrogen and oxygen atoms in total. The van der Waals surface area contributed by atoms with Gasteiger partial charge in [0.25, 0.3) is 5.91 Å². The summed E-state index contributed by atoms with van der Waals surface area (Å²) in [7, 11) is 1.31. The summed E-state index contributed by atoms with van der Waals surface area (Å²) in [5.74, 6) is -0.501. The van der Waals surface area contributed by atoms with Gasteiger partial charge in [-0.25, -0.2) is 14.8 Å². The van der Waals surface area contributed by atoms with E-state index >= 15 is 0 Å². The average Bonchev–Trinajstić information content (AvgIpc) is 2.74. The smallest absolute Gasteiger partial charge is 0.337 e. The highest BCUT2D eigenvalue weighted by Gasteiger charge is 2.10. The fourth-order valence-corrected chi connectivity index (χ4v) is 2.48. The normalized spacial score (nSPS) is 10.1. The van der Waals surface area contributed by atoms with E-state index < -0.39 is 11.9 Å². The number of ketones is 1. The number of methoxy groups -OCH3 is 1. The summed E-state index contributed by atoms with van der Waals surface area (Å²) in [6.07, 6.45) is 2.75. The molecule has 0 atom stereocenters. The number of amides is 1. The minimum Gasteiger partial charge on any atom is -0.465 e. The third-order valence-electron chi connectivity index (χ3n) is 3.99. The lowest BCUT2D eigenvalue weighted by molar-refractivity contribution is 0.0600. The second kappa shape index (κ2) is 8.75. The van der Waals surface area contributed by atoms with Crippen LogP contribution >= 0.6 is 0 Å². The molecule has 3 aromatic rings. The minimum absolute atomic E-state index is 0.0473. The zero-order valence-corrected chi connectivity index (χ0v) is 15.8. The maximum atomic E-state index is 12.3. The molecule has 2 N–H and O–H groups in total. The third kappa shape index (κ3) is 5.01. The van der Waals surface area contributed by atoms with Crippen molar-refractivity contribution in [1.82, 2.24) is 9.97 Å². The summed E-state index contributed by atoms with van der Waals surface area (Å²) in [6, 6.07) is 13.3. The van der Waals surface area contributed by atoms with E-state index in [2.05, 4.69) is 20.6 Å². The molecule has 0 aliphatic heterocycles. The topological polar surface area (TPSA) is 110 Å². The number of carbonyl (C=O) groups is 3. The van der Waals surface area contributed by atoms with Gasteiger partial charge in [0.2, 0.25) is 0 Å². The van der Waals surface area contributed by atoms with E-state index in [4.69, 9.17) is 4.74 Å². The van der Waals surface area contributed by atoms with E-state index in [1.165, 1.54) is 26.4 Å². The highest BCUT2D eigenvalue weighted by atomic mass is 16.5. The molecule has 2 aromatic carbocycles. The predicted molar refractivity (Wildman–Crippen MR) is 107 cm³/mol. The van der Waals surface area contributed by atoms with Gasteiger partial charge < -0.3 is 15.4 Å². The van der Waals surface area contributed by atoms with Crippen molar-refractivity contribution < 1.29 is 19.1 Å². The van der Waals surface area contributed by atoms with E-state index in [0.29, 0.717) is 28.3 Å². The molecule has 0 aliphatic carbocycles. The third-order valence-corrected chi connectivity index (χ3v) is 3.99. The molecule has 0 radical (unpaired) electrons. The highest BCUT2D eigenvalue weighted by molar-refractivity contribution is 6.03. The largest absolute Gasteiger partial charge is 0.465 e. The first-order valence-electron chi connectivity index (χ1n) is 8.66. The standard InChI is InChI=1S/C21H18N4O4/c1-13(26)14-6-8-16(9-7-14)25-20(27)18-11-23-19(12-22-18)24-17-5-3-4-15(10-17)21(28)29-2/h3-12H,1-2H3,(H,23,24)(H,25,27). The Balaban J connectivity index is 1.66. The number of hydrogen-bond donors (Lipinski definition) is 2. The van der Waals surface area contributed by atoms with Crippen LogP contribution in [0.15, 0.2) is 60.9 Å². The number of nitrogens with one attached hydrogen (secondary N) is 2. The van der Waals surface area contributed by atoms with Crippen molar-refractivity contribution in [3.63, 3.8) is 0 Å². The van der Waals surface area contributed by atoms with Crippen LogP contribution in [0.4, 0.5) is 17.2 Å². The molecule has 146 valence electrons. The number of rotatable bonds is 6. The van der Waals surface area contributed by atoms with Gasteiger partial charge in [0.05, 0.1) is 25.1 Å². The summed E-state index contributed by atoms with van der Waals surface area (Å²) >= 11 is 0. The van der Waals surface area contributed by atoms with E-state index in [9.17, 15) is 14.4 Å². The zero-order valence-electron chi connectivity index (χ0n) is 15.8. The lowest BCUT2D eigenvalue weighted by atomic mass is 10.1. The fourth-order valence-electron chi connectivity index (χ4n) is 2.48. The Kier molecular flexibility index (Phi) is 5.94. The van der Waals surface area contributed by atoms with Gasteiger partial charge in [-0.15, -0.1) is 0 Å². The molecule has 0 aliphatic rings. The second-order valence-electron chi connectivity index (χ2n) is 6.07. The van der Waals surface area contributed by atoms with Crippen molar-refractivity contribution in [1.29, 1.82) is 0 Å². The Morgan fingerprint density at radius 1 is 0.897 bits per heavy atom. The summed E-state index contributed by atoms with van der Waals surface area (Å²) < 4.78 is 4.69. The van der Waals surface area contributed by atoms with Crippen molar-refractivity contribution in [3.8, 4) is 0 Å². The molecular formula is C21H18N4O4. The number of benzene rings is 2. The van der Waals surface area contributed by atoms with E-state index in [1.807, 2.05) is 0 Å². The number of Topliss-reactive ketones (excluding diaryl/α,β-unsaturated/α-hetero) is 1. The first kappa shape index (κ1) is 19.7. The predicted octanol–water partition coefficient (Wildman–Crippen LogP) is 3.46. The van der Waals surface area contributed by atoms with Crippen LogP contribution < -0.4 is 10.6 Å². The van der Waals surface area contributed by atoms with Crippen molar-refractivity contribution in [3.05, 3.63) is 77.7 Å². The Morgan fingerprint density at radius 3 is 2.28 bits per heavy atom. The summed E-state index contributed by atoms with van der Waals surface area (Å²) in [5.41, 5.74) is 2.27. The molecule has 0 saturated heterocycles. The van der Waals surface area contributed by atoms with Gasteiger partial charge in [0.15, 0.2) is 5.78 Å². The first-order valence-corrected chi connectivity index (χ1v) is 8.66. The molecule has 0 saturated carbocycles. The van der Waals surface area contributed by atoms with Crippen molar-refractivity contribution in [2.75, 3.05) is 17.7 Å². The average molecular weight is 390 g/mol. The van der Waals surface area contributed by atoms with Crippen LogP contribution in [-0.4, -0.2) is 34.7 Å². The van der Waals surface area contributed by atoms with E-state index in [1.54, 1.807) is 48.5 Å². The maximum Gasteiger partial charge on any atom is 0.337 e. The van der Waals surface area contributed by atoms with Gasteiger partial charge in [-0.2, -0.15) is 0 Å². The molecule has 8 heteroatoms. The number of carbonyl (C=O) groups excluding carboxylic acids is 3. The zero-order chi connectivity index (χ0) is 20.8. The van der Waals surface area contributed by atoms with E-state index in [-0.39, 0.29) is 11.5 Å². The van der Waals surface area contributed by atoms with Gasteiger partial charge in [-0.3, -0.25) is 9.59 Å². The van der Waals surface area contributed by atoms with Gasteiger partial charge in [0.1, 0.15) is 11.5 Å². The second-order valence-corrected chi connectivity index (χ2v) is 6.07. The molecule has 0 unspecified atom stereocenters. The lowest BCUT2D eigenvalue weighted by Crippen LogP contribution is -2.14. The fraction of sp³-hybridized carbons (Fsp3) is 0.0952. The van der Waals surface area contributed by atoms with Gasteiger partial charge in [-0.05, 0) is 49.4 Å². The van der Waals surface area contributed by atoms with Gasteiger partial charge in [-0.1, -0.05) is 6.07 Å². The molecular weight excluding hydrogens is 372 g/mol. The minimum atomic E-state index is -0.442. The summed E-state index contributed by atoms with van der Waals surface area (Å²) in [6.45, 7) is 1.48. The van der Waals surface area contributed by atoms with E-state index in [0.717, 1.165) is 0 Å². The van der Waals surface area contributed by atoms with Crippen LogP contribution in [0.2, 0.25) is 0 Å². The van der Waals surface area contributed by atoms with Crippen LogP contribution in [0.25, 0.3) is 0 Å². The SMILES string of the molecule is COC(=O)c1cccc(Nc2cnc(C(=O)Nc3ccc(C(C)=O)cc3)cn2)c1. The number of esters is 1.